The van der Waals surface area contributed by atoms with Crippen LogP contribution in [0.25, 0.3) is 0 Å². The standard InChI is InChI=1S/C13H18N2O2/c16-12(10-5-2-1-3-6-10)9-14-13(17)15-11-7-4-8-11/h1-3,5-6,11-12,16H,4,7-9H2,(H2,14,15,17). The van der Waals surface area contributed by atoms with E-state index in [0.717, 1.165) is 18.4 Å². The maximum Gasteiger partial charge on any atom is 0.315 e. The highest BCUT2D eigenvalue weighted by Gasteiger charge is 2.19. The first-order valence-electron chi connectivity index (χ1n) is 6.03. The third-order valence-corrected chi connectivity index (χ3v) is 3.08. The summed E-state index contributed by atoms with van der Waals surface area (Å²) in [5.41, 5.74) is 0.816. The van der Waals surface area contributed by atoms with Crippen LogP contribution >= 0.6 is 0 Å². The Labute approximate surface area is 101 Å². The predicted octanol–water partition coefficient (Wildman–Crippen LogP) is 1.57. The van der Waals surface area contributed by atoms with Crippen LogP contribution in [-0.4, -0.2) is 23.7 Å². The fraction of sp³-hybridized carbons (Fsp3) is 0.462. The van der Waals surface area contributed by atoms with E-state index in [2.05, 4.69) is 10.6 Å². The molecule has 1 aromatic rings. The molecule has 2 rings (SSSR count). The Morgan fingerprint density at radius 2 is 2.06 bits per heavy atom. The molecule has 0 spiro atoms. The average molecular weight is 234 g/mol. The molecule has 0 aliphatic heterocycles. The first kappa shape index (κ1) is 11.9. The van der Waals surface area contributed by atoms with Crippen LogP contribution in [0.3, 0.4) is 0 Å². The summed E-state index contributed by atoms with van der Waals surface area (Å²) in [5.74, 6) is 0. The zero-order valence-electron chi connectivity index (χ0n) is 9.73. The van der Waals surface area contributed by atoms with Crippen molar-refractivity contribution in [2.45, 2.75) is 31.4 Å². The molecular weight excluding hydrogens is 216 g/mol. The van der Waals surface area contributed by atoms with Crippen LogP contribution in [0.4, 0.5) is 4.79 Å². The number of urea groups is 1. The van der Waals surface area contributed by atoms with Crippen molar-refractivity contribution in [2.75, 3.05) is 6.54 Å². The molecule has 1 aliphatic carbocycles. The summed E-state index contributed by atoms with van der Waals surface area (Å²) >= 11 is 0. The lowest BCUT2D eigenvalue weighted by Gasteiger charge is -2.26. The zero-order chi connectivity index (χ0) is 12.1. The first-order valence-corrected chi connectivity index (χ1v) is 6.03. The van der Waals surface area contributed by atoms with Crippen LogP contribution in [0.5, 0.6) is 0 Å². The van der Waals surface area contributed by atoms with Crippen molar-refractivity contribution in [3.05, 3.63) is 35.9 Å². The summed E-state index contributed by atoms with van der Waals surface area (Å²) < 4.78 is 0. The molecule has 3 N–H and O–H groups in total. The monoisotopic (exact) mass is 234 g/mol. The topological polar surface area (TPSA) is 61.4 Å². The quantitative estimate of drug-likeness (QED) is 0.740. The zero-order valence-corrected chi connectivity index (χ0v) is 9.73. The van der Waals surface area contributed by atoms with E-state index in [9.17, 15) is 9.90 Å². The molecule has 92 valence electrons. The molecule has 1 unspecified atom stereocenters. The number of carbonyl (C=O) groups is 1. The number of aliphatic hydroxyl groups is 1. The van der Waals surface area contributed by atoms with Crippen molar-refractivity contribution < 1.29 is 9.90 Å². The molecule has 1 atom stereocenters. The van der Waals surface area contributed by atoms with Gasteiger partial charge < -0.3 is 15.7 Å². The summed E-state index contributed by atoms with van der Waals surface area (Å²) in [6.07, 6.45) is 2.67. The van der Waals surface area contributed by atoms with Gasteiger partial charge >= 0.3 is 6.03 Å². The van der Waals surface area contributed by atoms with E-state index in [1.54, 1.807) is 0 Å². The molecule has 1 fully saturated rings. The molecule has 2 amide bonds. The van der Waals surface area contributed by atoms with E-state index in [-0.39, 0.29) is 12.6 Å². The van der Waals surface area contributed by atoms with Gasteiger partial charge in [0, 0.05) is 12.6 Å². The van der Waals surface area contributed by atoms with Gasteiger partial charge in [0.1, 0.15) is 0 Å². The number of nitrogens with one attached hydrogen (secondary N) is 2. The second kappa shape index (κ2) is 5.68. The fourth-order valence-electron chi connectivity index (χ4n) is 1.77. The number of rotatable bonds is 4. The Balaban J connectivity index is 1.72. The molecule has 1 saturated carbocycles. The molecular formula is C13H18N2O2. The molecule has 4 nitrogen and oxygen atoms in total. The first-order chi connectivity index (χ1) is 8.25. The minimum absolute atomic E-state index is 0.190. The second-order valence-corrected chi connectivity index (χ2v) is 4.41. The maximum atomic E-state index is 11.4. The molecule has 0 radical (unpaired) electrons. The van der Waals surface area contributed by atoms with Crippen LogP contribution in [0, 0.1) is 0 Å². The van der Waals surface area contributed by atoms with Crippen molar-refractivity contribution in [2.24, 2.45) is 0 Å². The minimum Gasteiger partial charge on any atom is -0.387 e. The third-order valence-electron chi connectivity index (χ3n) is 3.08. The Bertz CT molecular complexity index is 363. The van der Waals surface area contributed by atoms with Crippen LogP contribution in [-0.2, 0) is 0 Å². The van der Waals surface area contributed by atoms with Gasteiger partial charge in [-0.3, -0.25) is 0 Å². The normalized spacial score (nSPS) is 17.0. The third kappa shape index (κ3) is 3.46. The molecule has 0 aromatic heterocycles. The smallest absolute Gasteiger partial charge is 0.315 e. The molecule has 0 heterocycles. The number of carbonyl (C=O) groups excluding carboxylic acids is 1. The van der Waals surface area contributed by atoms with E-state index >= 15 is 0 Å². The average Bonchev–Trinajstić information content (AvgIpc) is 2.32. The van der Waals surface area contributed by atoms with Crippen molar-refractivity contribution in [1.82, 2.24) is 10.6 Å². The number of hydrogen-bond donors (Lipinski definition) is 3. The van der Waals surface area contributed by atoms with Crippen LogP contribution in [0.15, 0.2) is 30.3 Å². The highest BCUT2D eigenvalue weighted by Crippen LogP contribution is 2.17. The Morgan fingerprint density at radius 1 is 1.35 bits per heavy atom. The van der Waals surface area contributed by atoms with Gasteiger partial charge in [-0.25, -0.2) is 4.79 Å². The highest BCUT2D eigenvalue weighted by molar-refractivity contribution is 5.74. The van der Waals surface area contributed by atoms with Crippen LogP contribution in [0.1, 0.15) is 30.9 Å². The van der Waals surface area contributed by atoms with Gasteiger partial charge in [0.05, 0.1) is 6.10 Å². The maximum absolute atomic E-state index is 11.4. The predicted molar refractivity (Wildman–Crippen MR) is 65.6 cm³/mol. The van der Waals surface area contributed by atoms with Gasteiger partial charge in [0.25, 0.3) is 0 Å². The summed E-state index contributed by atoms with van der Waals surface area (Å²) in [6, 6.07) is 9.45. The molecule has 0 saturated heterocycles. The molecule has 1 aliphatic rings. The van der Waals surface area contributed by atoms with E-state index in [1.807, 2.05) is 30.3 Å². The lowest BCUT2D eigenvalue weighted by atomic mass is 9.93. The number of benzene rings is 1. The SMILES string of the molecule is O=C(NCC(O)c1ccccc1)NC1CCC1. The van der Waals surface area contributed by atoms with E-state index in [0.29, 0.717) is 6.04 Å². The lowest BCUT2D eigenvalue weighted by molar-refractivity contribution is 0.171. The molecule has 4 heteroatoms. The summed E-state index contributed by atoms with van der Waals surface area (Å²) in [5, 5.41) is 15.4. The van der Waals surface area contributed by atoms with Crippen LogP contribution in [0.2, 0.25) is 0 Å². The van der Waals surface area contributed by atoms with Gasteiger partial charge in [0.15, 0.2) is 0 Å². The van der Waals surface area contributed by atoms with Gasteiger partial charge in [-0.2, -0.15) is 0 Å². The Morgan fingerprint density at radius 3 is 2.65 bits per heavy atom. The van der Waals surface area contributed by atoms with Crippen LogP contribution < -0.4 is 10.6 Å². The fourth-order valence-corrected chi connectivity index (χ4v) is 1.77. The van der Waals surface area contributed by atoms with Crippen molar-refractivity contribution in [3.8, 4) is 0 Å². The van der Waals surface area contributed by atoms with Crippen molar-refractivity contribution in [3.63, 3.8) is 0 Å². The van der Waals surface area contributed by atoms with Gasteiger partial charge in [0.2, 0.25) is 0 Å². The van der Waals surface area contributed by atoms with Gasteiger partial charge in [-0.05, 0) is 24.8 Å². The Kier molecular flexibility index (Phi) is 3.98. The minimum atomic E-state index is -0.650. The van der Waals surface area contributed by atoms with E-state index < -0.39 is 6.10 Å². The second-order valence-electron chi connectivity index (χ2n) is 4.41. The summed E-state index contributed by atoms with van der Waals surface area (Å²) in [4.78, 5) is 11.4. The lowest BCUT2D eigenvalue weighted by Crippen LogP contribution is -2.46. The Hall–Kier alpha value is -1.55. The summed E-state index contributed by atoms with van der Waals surface area (Å²) in [6.45, 7) is 0.239. The van der Waals surface area contributed by atoms with Crippen molar-refractivity contribution >= 4 is 6.03 Å². The van der Waals surface area contributed by atoms with Crippen molar-refractivity contribution in [1.29, 1.82) is 0 Å². The number of aliphatic hydroxyl groups excluding tert-OH is 1. The van der Waals surface area contributed by atoms with E-state index in [1.165, 1.54) is 6.42 Å². The molecule has 1 aromatic carbocycles. The largest absolute Gasteiger partial charge is 0.387 e. The highest BCUT2D eigenvalue weighted by atomic mass is 16.3. The van der Waals surface area contributed by atoms with Gasteiger partial charge in [-0.15, -0.1) is 0 Å². The number of hydrogen-bond acceptors (Lipinski definition) is 2. The van der Waals surface area contributed by atoms with E-state index in [4.69, 9.17) is 0 Å². The molecule has 17 heavy (non-hydrogen) atoms. The number of amides is 2. The molecule has 0 bridgehead atoms. The van der Waals surface area contributed by atoms with Gasteiger partial charge in [-0.1, -0.05) is 30.3 Å². The summed E-state index contributed by atoms with van der Waals surface area (Å²) in [7, 11) is 0.